The smallest absolute Gasteiger partial charge is 0.407 e. The molecule has 0 radical (unpaired) electrons. The topological polar surface area (TPSA) is 116 Å². The predicted octanol–water partition coefficient (Wildman–Crippen LogP) is 2.68. The molecule has 1 aromatic rings. The lowest BCUT2D eigenvalue weighted by atomic mass is 9.91. The minimum absolute atomic E-state index is 0.00826. The van der Waals surface area contributed by atoms with E-state index < -0.39 is 28.0 Å². The van der Waals surface area contributed by atoms with E-state index in [2.05, 4.69) is 0 Å². The van der Waals surface area contributed by atoms with Crippen molar-refractivity contribution < 1.29 is 32.2 Å². The summed E-state index contributed by atoms with van der Waals surface area (Å²) in [6, 6.07) is 2.61. The molecule has 11 heteroatoms. The van der Waals surface area contributed by atoms with Gasteiger partial charge in [-0.3, -0.25) is 4.79 Å². The molecule has 1 saturated carbocycles. The maximum Gasteiger partial charge on any atom is 0.407 e. The molecule has 5 rings (SSSR count). The molecule has 3 heterocycles. The molecular formula is C22H28FN3O6S. The molecule has 4 aliphatic rings. The quantitative estimate of drug-likeness (QED) is 0.619. The van der Waals surface area contributed by atoms with E-state index in [4.69, 9.17) is 4.74 Å². The second-order valence-corrected chi connectivity index (χ2v) is 11.2. The van der Waals surface area contributed by atoms with Crippen LogP contribution in [0, 0.1) is 11.7 Å². The van der Waals surface area contributed by atoms with Gasteiger partial charge in [-0.2, -0.15) is 12.7 Å². The number of halogens is 1. The zero-order chi connectivity index (χ0) is 23.3. The van der Waals surface area contributed by atoms with Crippen molar-refractivity contribution in [2.45, 2.75) is 62.9 Å². The number of nitrogens with one attached hydrogen (secondary N) is 1. The maximum atomic E-state index is 14.9. The molecule has 4 fully saturated rings. The molecule has 3 saturated heterocycles. The fourth-order valence-electron chi connectivity index (χ4n) is 5.29. The van der Waals surface area contributed by atoms with Crippen molar-refractivity contribution in [3.8, 4) is 5.75 Å². The van der Waals surface area contributed by atoms with E-state index in [1.165, 1.54) is 12.1 Å². The first kappa shape index (κ1) is 22.4. The Bertz CT molecular complexity index is 1060. The molecule has 2 atom stereocenters. The number of carbonyl (C=O) groups excluding carboxylic acids is 1. The molecule has 9 nitrogen and oxygen atoms in total. The summed E-state index contributed by atoms with van der Waals surface area (Å²) in [6.07, 6.45) is 4.83. The molecule has 2 N–H and O–H groups in total. The lowest BCUT2D eigenvalue weighted by Crippen LogP contribution is -2.49. The van der Waals surface area contributed by atoms with Crippen LogP contribution >= 0.6 is 0 Å². The molecule has 2 amide bonds. The van der Waals surface area contributed by atoms with Crippen LogP contribution in [0.1, 0.15) is 66.8 Å². The minimum atomic E-state index is -3.97. The van der Waals surface area contributed by atoms with Gasteiger partial charge < -0.3 is 14.7 Å². The first-order valence-corrected chi connectivity index (χ1v) is 13.0. The first-order valence-electron chi connectivity index (χ1n) is 11.5. The van der Waals surface area contributed by atoms with E-state index in [-0.39, 0.29) is 29.5 Å². The molecule has 33 heavy (non-hydrogen) atoms. The number of carboxylic acid groups (broad SMARTS) is 1. The highest BCUT2D eigenvalue weighted by Crippen LogP contribution is 2.46. The Labute approximate surface area is 192 Å². The van der Waals surface area contributed by atoms with Gasteiger partial charge in [0.05, 0.1) is 12.2 Å². The summed E-state index contributed by atoms with van der Waals surface area (Å²) < 4.78 is 48.4. The number of piperidine rings is 1. The predicted molar refractivity (Wildman–Crippen MR) is 116 cm³/mol. The largest absolute Gasteiger partial charge is 0.493 e. The summed E-state index contributed by atoms with van der Waals surface area (Å²) in [5, 5.41) is 9.42. The fraction of sp³-hybridized carbons (Fsp3) is 0.636. The Morgan fingerprint density at radius 3 is 2.33 bits per heavy atom. The van der Waals surface area contributed by atoms with Crippen LogP contribution in [0.25, 0.3) is 0 Å². The normalized spacial score (nSPS) is 27.2. The number of rotatable bonds is 7. The summed E-state index contributed by atoms with van der Waals surface area (Å²) in [5.41, 5.74) is 0.412. The van der Waals surface area contributed by atoms with Crippen LogP contribution in [0.4, 0.5) is 9.18 Å². The summed E-state index contributed by atoms with van der Waals surface area (Å²) in [4.78, 5) is 25.6. The SMILES string of the molecule is O=C(NS(=O)(=O)N1CCC1)c1cc(C2CC2)c(OCC2CC3CCC(C2)N3C(=O)O)cc1F. The van der Waals surface area contributed by atoms with Gasteiger partial charge in [0.15, 0.2) is 0 Å². The number of hydrogen-bond acceptors (Lipinski definition) is 5. The Morgan fingerprint density at radius 2 is 1.79 bits per heavy atom. The maximum absolute atomic E-state index is 14.9. The van der Waals surface area contributed by atoms with Gasteiger partial charge in [0, 0.05) is 31.2 Å². The van der Waals surface area contributed by atoms with Gasteiger partial charge in [0.25, 0.3) is 5.91 Å². The summed E-state index contributed by atoms with van der Waals surface area (Å²) in [5.74, 6) is -1.09. The van der Waals surface area contributed by atoms with E-state index in [1.54, 1.807) is 4.90 Å². The average molecular weight is 482 g/mol. The highest BCUT2D eigenvalue weighted by molar-refractivity contribution is 7.87. The van der Waals surface area contributed by atoms with E-state index >= 15 is 0 Å². The van der Waals surface area contributed by atoms with Crippen molar-refractivity contribution in [3.05, 3.63) is 29.1 Å². The second kappa shape index (κ2) is 8.43. The van der Waals surface area contributed by atoms with Crippen LogP contribution < -0.4 is 9.46 Å². The summed E-state index contributed by atoms with van der Waals surface area (Å²) in [6.45, 7) is 1.05. The molecule has 3 aliphatic heterocycles. The molecule has 2 bridgehead atoms. The van der Waals surface area contributed by atoms with Crippen molar-refractivity contribution in [3.63, 3.8) is 0 Å². The second-order valence-electron chi connectivity index (χ2n) is 9.56. The molecule has 2 unspecified atom stereocenters. The first-order chi connectivity index (χ1) is 15.7. The van der Waals surface area contributed by atoms with Crippen molar-refractivity contribution in [2.75, 3.05) is 19.7 Å². The van der Waals surface area contributed by atoms with Gasteiger partial charge in [-0.05, 0) is 68.4 Å². The van der Waals surface area contributed by atoms with Crippen LogP contribution in [0.3, 0.4) is 0 Å². The number of amides is 2. The number of benzene rings is 1. The van der Waals surface area contributed by atoms with Gasteiger partial charge in [-0.25, -0.2) is 13.9 Å². The van der Waals surface area contributed by atoms with Crippen molar-refractivity contribution in [1.29, 1.82) is 0 Å². The zero-order valence-electron chi connectivity index (χ0n) is 18.2. The van der Waals surface area contributed by atoms with Gasteiger partial charge >= 0.3 is 16.3 Å². The molecule has 180 valence electrons. The van der Waals surface area contributed by atoms with Crippen molar-refractivity contribution >= 4 is 22.2 Å². The standard InChI is InChI=1S/C22H28FN3O6S/c23-19-11-20(32-12-13-8-15-4-5-16(9-13)26(15)22(28)29)17(14-2-3-14)10-18(19)21(27)24-33(30,31)25-6-1-7-25/h10-11,13-16H,1-9,12H2,(H,24,27)(H,28,29). The zero-order valence-corrected chi connectivity index (χ0v) is 19.0. The van der Waals surface area contributed by atoms with E-state index in [0.717, 1.165) is 49.3 Å². The number of carbonyl (C=O) groups is 2. The third-order valence-corrected chi connectivity index (χ3v) is 8.75. The minimum Gasteiger partial charge on any atom is -0.493 e. The third-order valence-electron chi connectivity index (χ3n) is 7.26. The van der Waals surface area contributed by atoms with Gasteiger partial charge in [0.1, 0.15) is 11.6 Å². The Balaban J connectivity index is 1.28. The Hall–Kier alpha value is -2.40. The lowest BCUT2D eigenvalue weighted by Gasteiger charge is -2.37. The van der Waals surface area contributed by atoms with Gasteiger partial charge in [0.2, 0.25) is 0 Å². The van der Waals surface area contributed by atoms with Crippen LogP contribution in [0.2, 0.25) is 0 Å². The molecule has 0 spiro atoms. The Kier molecular flexibility index (Phi) is 5.72. The third kappa shape index (κ3) is 4.40. The van der Waals surface area contributed by atoms with Crippen LogP contribution in [0.5, 0.6) is 5.75 Å². The number of ether oxygens (including phenoxy) is 1. The van der Waals surface area contributed by atoms with E-state index in [0.29, 0.717) is 31.0 Å². The number of fused-ring (bicyclic) bond motifs is 2. The molecule has 1 aliphatic carbocycles. The highest BCUT2D eigenvalue weighted by atomic mass is 32.2. The monoisotopic (exact) mass is 481 g/mol. The fourth-order valence-corrected chi connectivity index (χ4v) is 6.51. The molecule has 0 aromatic heterocycles. The van der Waals surface area contributed by atoms with Crippen molar-refractivity contribution in [1.82, 2.24) is 13.9 Å². The van der Waals surface area contributed by atoms with Crippen LogP contribution in [-0.2, 0) is 10.2 Å². The Morgan fingerprint density at radius 1 is 1.12 bits per heavy atom. The summed E-state index contributed by atoms with van der Waals surface area (Å²) in [7, 11) is -3.97. The van der Waals surface area contributed by atoms with E-state index in [9.17, 15) is 27.5 Å². The molecular weight excluding hydrogens is 453 g/mol. The number of nitrogens with zero attached hydrogens (tertiary/aromatic N) is 2. The number of hydrogen-bond donors (Lipinski definition) is 2. The summed E-state index contributed by atoms with van der Waals surface area (Å²) >= 11 is 0. The lowest BCUT2D eigenvalue weighted by molar-refractivity contribution is 0.0711. The van der Waals surface area contributed by atoms with Gasteiger partial charge in [-0.15, -0.1) is 0 Å². The highest BCUT2D eigenvalue weighted by Gasteiger charge is 2.43. The van der Waals surface area contributed by atoms with Gasteiger partial charge in [-0.1, -0.05) is 0 Å². The van der Waals surface area contributed by atoms with Crippen molar-refractivity contribution in [2.24, 2.45) is 5.92 Å². The average Bonchev–Trinajstić information content (AvgIpc) is 3.48. The van der Waals surface area contributed by atoms with Crippen LogP contribution in [-0.4, -0.2) is 66.5 Å². The molecule has 1 aromatic carbocycles. The van der Waals surface area contributed by atoms with Crippen LogP contribution in [0.15, 0.2) is 12.1 Å². The van der Waals surface area contributed by atoms with E-state index in [1.807, 2.05) is 4.72 Å².